The molecule has 2 heterocycles. The van der Waals surface area contributed by atoms with E-state index < -0.39 is 5.82 Å². The molecule has 4 nitrogen and oxygen atoms in total. The number of hydrogen-bond donors (Lipinski definition) is 1. The van der Waals surface area contributed by atoms with Gasteiger partial charge in [-0.2, -0.15) is 0 Å². The zero-order valence-corrected chi connectivity index (χ0v) is 11.0. The van der Waals surface area contributed by atoms with Crippen LogP contribution in [0.5, 0.6) is 0 Å². The second-order valence-electron chi connectivity index (χ2n) is 4.43. The van der Waals surface area contributed by atoms with Gasteiger partial charge in [0.05, 0.1) is 12.1 Å². The van der Waals surface area contributed by atoms with Crippen LogP contribution in [0.1, 0.15) is 16.2 Å². The highest BCUT2D eigenvalue weighted by atomic mass is 32.1. The molecule has 98 valence electrons. The van der Waals surface area contributed by atoms with Crippen molar-refractivity contribution in [3.63, 3.8) is 0 Å². The minimum atomic E-state index is -0.517. The van der Waals surface area contributed by atoms with E-state index in [2.05, 4.69) is 17.6 Å². The van der Waals surface area contributed by atoms with Gasteiger partial charge in [0.2, 0.25) is 0 Å². The summed E-state index contributed by atoms with van der Waals surface area (Å²) in [6.07, 6.45) is 3.59. The number of thiol groups is 1. The van der Waals surface area contributed by atoms with Crippen molar-refractivity contribution in [2.75, 3.05) is 6.54 Å². The second kappa shape index (κ2) is 4.70. The molecule has 0 unspecified atom stereocenters. The highest BCUT2D eigenvalue weighted by Gasteiger charge is 2.24. The van der Waals surface area contributed by atoms with E-state index in [-0.39, 0.29) is 11.5 Å². The lowest BCUT2D eigenvalue weighted by Crippen LogP contribution is -2.38. The van der Waals surface area contributed by atoms with Crippen LogP contribution in [0.2, 0.25) is 0 Å². The van der Waals surface area contributed by atoms with Gasteiger partial charge in [0.15, 0.2) is 0 Å². The summed E-state index contributed by atoms with van der Waals surface area (Å²) in [6.45, 7) is 1.64. The average molecular weight is 277 g/mol. The van der Waals surface area contributed by atoms with E-state index in [0.717, 1.165) is 5.82 Å². The molecule has 0 saturated heterocycles. The fourth-order valence-electron chi connectivity index (χ4n) is 2.19. The first-order chi connectivity index (χ1) is 9.15. The third-order valence-electron chi connectivity index (χ3n) is 3.21. The molecule has 0 spiro atoms. The molecule has 6 heteroatoms. The number of benzene rings is 1. The Morgan fingerprint density at radius 3 is 3.05 bits per heavy atom. The summed E-state index contributed by atoms with van der Waals surface area (Å²) in [5.41, 5.74) is 0.0625. The Morgan fingerprint density at radius 2 is 2.21 bits per heavy atom. The van der Waals surface area contributed by atoms with Gasteiger partial charge in [-0.25, -0.2) is 9.37 Å². The normalized spacial score (nSPS) is 14.3. The molecule has 0 atom stereocenters. The molecule has 0 N–H and O–H groups in total. The first kappa shape index (κ1) is 12.2. The van der Waals surface area contributed by atoms with Gasteiger partial charge in [-0.15, -0.1) is 12.6 Å². The van der Waals surface area contributed by atoms with Gasteiger partial charge in [-0.05, 0) is 18.2 Å². The predicted molar refractivity (Wildman–Crippen MR) is 70.6 cm³/mol. The van der Waals surface area contributed by atoms with E-state index in [1.54, 1.807) is 11.1 Å². The first-order valence-electron chi connectivity index (χ1n) is 5.93. The van der Waals surface area contributed by atoms with Crippen LogP contribution in [0.25, 0.3) is 0 Å². The number of fused-ring (bicyclic) bond motifs is 1. The molecular formula is C13H12FN3OS. The van der Waals surface area contributed by atoms with Gasteiger partial charge in [0, 0.05) is 30.4 Å². The van der Waals surface area contributed by atoms with Gasteiger partial charge < -0.3 is 9.47 Å². The third-order valence-corrected chi connectivity index (χ3v) is 3.49. The number of carbonyl (C=O) groups is 1. The van der Waals surface area contributed by atoms with Crippen molar-refractivity contribution >= 4 is 18.5 Å². The second-order valence-corrected chi connectivity index (χ2v) is 4.94. The largest absolute Gasteiger partial charge is 0.332 e. The van der Waals surface area contributed by atoms with Crippen molar-refractivity contribution in [1.82, 2.24) is 14.5 Å². The van der Waals surface area contributed by atoms with Gasteiger partial charge >= 0.3 is 0 Å². The number of carbonyl (C=O) groups excluding carboxylic acids is 1. The maximum atomic E-state index is 13.7. The van der Waals surface area contributed by atoms with Crippen molar-refractivity contribution in [2.45, 2.75) is 18.0 Å². The van der Waals surface area contributed by atoms with E-state index in [4.69, 9.17) is 0 Å². The topological polar surface area (TPSA) is 38.1 Å². The summed E-state index contributed by atoms with van der Waals surface area (Å²) in [7, 11) is 0. The van der Waals surface area contributed by atoms with Gasteiger partial charge in [0.25, 0.3) is 5.91 Å². The molecule has 3 rings (SSSR count). The Hall–Kier alpha value is -1.82. The molecule has 0 radical (unpaired) electrons. The van der Waals surface area contributed by atoms with E-state index >= 15 is 0 Å². The van der Waals surface area contributed by atoms with Gasteiger partial charge in [-0.3, -0.25) is 4.79 Å². The van der Waals surface area contributed by atoms with Crippen molar-refractivity contribution in [3.05, 3.63) is 47.8 Å². The summed E-state index contributed by atoms with van der Waals surface area (Å²) < 4.78 is 15.7. The molecule has 0 fully saturated rings. The number of rotatable bonds is 1. The number of hydrogen-bond acceptors (Lipinski definition) is 3. The van der Waals surface area contributed by atoms with Crippen LogP contribution in [-0.2, 0) is 13.1 Å². The molecule has 0 bridgehead atoms. The standard InChI is InChI=1S/C13H12FN3OS/c14-11-2-1-9(19)7-10(11)13(18)17-6-5-16-4-3-15-12(16)8-17/h1-4,7,19H,5-6,8H2. The zero-order chi connectivity index (χ0) is 13.4. The van der Waals surface area contributed by atoms with E-state index in [1.807, 2.05) is 10.8 Å². The maximum absolute atomic E-state index is 13.7. The number of aromatic nitrogens is 2. The average Bonchev–Trinajstić information content (AvgIpc) is 2.88. The summed E-state index contributed by atoms with van der Waals surface area (Å²) >= 11 is 4.14. The van der Waals surface area contributed by atoms with Gasteiger partial charge in [0.1, 0.15) is 11.6 Å². The van der Waals surface area contributed by atoms with Crippen LogP contribution in [-0.4, -0.2) is 26.9 Å². The quantitative estimate of drug-likeness (QED) is 0.809. The Labute approximate surface area is 115 Å². The van der Waals surface area contributed by atoms with E-state index in [1.165, 1.54) is 18.2 Å². The summed E-state index contributed by atoms with van der Waals surface area (Å²) in [5.74, 6) is -0.0126. The van der Waals surface area contributed by atoms with Crippen molar-refractivity contribution < 1.29 is 9.18 Å². The van der Waals surface area contributed by atoms with Crippen LogP contribution in [0, 0.1) is 5.82 Å². The van der Waals surface area contributed by atoms with Crippen LogP contribution in [0.4, 0.5) is 4.39 Å². The fraction of sp³-hybridized carbons (Fsp3) is 0.231. The van der Waals surface area contributed by atoms with Crippen molar-refractivity contribution in [2.24, 2.45) is 0 Å². The lowest BCUT2D eigenvalue weighted by molar-refractivity contribution is 0.0702. The molecule has 0 aliphatic carbocycles. The molecule has 1 aromatic heterocycles. The highest BCUT2D eigenvalue weighted by Crippen LogP contribution is 2.18. The molecule has 1 amide bonds. The maximum Gasteiger partial charge on any atom is 0.257 e. The molecular weight excluding hydrogens is 265 g/mol. The number of halogens is 1. The smallest absolute Gasteiger partial charge is 0.257 e. The number of imidazole rings is 1. The Balaban J connectivity index is 1.87. The summed E-state index contributed by atoms with van der Waals surface area (Å²) in [6, 6.07) is 4.25. The first-order valence-corrected chi connectivity index (χ1v) is 6.37. The van der Waals surface area contributed by atoms with Gasteiger partial charge in [-0.1, -0.05) is 0 Å². The van der Waals surface area contributed by atoms with E-state index in [0.29, 0.717) is 24.5 Å². The molecule has 1 aromatic carbocycles. The van der Waals surface area contributed by atoms with Crippen molar-refractivity contribution in [3.8, 4) is 0 Å². The SMILES string of the molecule is O=C(c1cc(S)ccc1F)N1CCn2ccnc2C1. The molecule has 19 heavy (non-hydrogen) atoms. The minimum Gasteiger partial charge on any atom is -0.332 e. The summed E-state index contributed by atoms with van der Waals surface area (Å²) in [4.78, 5) is 18.7. The Kier molecular flexibility index (Phi) is 3.02. The van der Waals surface area contributed by atoms with Crippen LogP contribution in [0.15, 0.2) is 35.5 Å². The fourth-order valence-corrected chi connectivity index (χ4v) is 2.40. The van der Waals surface area contributed by atoms with Crippen LogP contribution >= 0.6 is 12.6 Å². The Bertz CT molecular complexity index is 641. The molecule has 2 aromatic rings. The lowest BCUT2D eigenvalue weighted by atomic mass is 10.1. The molecule has 0 saturated carbocycles. The number of nitrogens with zero attached hydrogens (tertiary/aromatic N) is 3. The zero-order valence-electron chi connectivity index (χ0n) is 10.1. The van der Waals surface area contributed by atoms with Crippen LogP contribution in [0.3, 0.4) is 0 Å². The van der Waals surface area contributed by atoms with Crippen LogP contribution < -0.4 is 0 Å². The minimum absolute atomic E-state index is 0.0625. The van der Waals surface area contributed by atoms with E-state index in [9.17, 15) is 9.18 Å². The number of amides is 1. The summed E-state index contributed by atoms with van der Waals surface area (Å²) in [5, 5.41) is 0. The molecule has 1 aliphatic rings. The lowest BCUT2D eigenvalue weighted by Gasteiger charge is -2.27. The molecule has 1 aliphatic heterocycles. The third kappa shape index (κ3) is 2.23. The monoisotopic (exact) mass is 277 g/mol. The Morgan fingerprint density at radius 1 is 1.37 bits per heavy atom. The highest BCUT2D eigenvalue weighted by molar-refractivity contribution is 7.80. The predicted octanol–water partition coefficient (Wildman–Crippen LogP) is 1.97. The van der Waals surface area contributed by atoms with Crippen molar-refractivity contribution in [1.29, 1.82) is 0 Å².